The van der Waals surface area contributed by atoms with Crippen LogP contribution in [-0.2, 0) is 26.2 Å². The standard InChI is InChI=1S/C32H37Cl2N3O4S/c1-21-12-15-26(16-13-21)42(40,41)37(30-17-14-22(2)18-23(30)3)20-31(38)36(19-27-28(33)10-7-11-29(27)34)24(4)32(39)35-25-8-5-6-9-25/h7,10-18,24-25H,5-6,8-9,19-20H2,1-4H3,(H,35,39)/t24-/m1/s1. The highest BCUT2D eigenvalue weighted by atomic mass is 35.5. The topological polar surface area (TPSA) is 86.8 Å². The van der Waals surface area contributed by atoms with Crippen LogP contribution in [-0.4, -0.2) is 43.8 Å². The van der Waals surface area contributed by atoms with E-state index in [0.29, 0.717) is 26.9 Å². The van der Waals surface area contributed by atoms with Crippen molar-refractivity contribution in [1.29, 1.82) is 0 Å². The number of carbonyl (C=O) groups is 2. The van der Waals surface area contributed by atoms with Gasteiger partial charge in [0.25, 0.3) is 10.0 Å². The summed E-state index contributed by atoms with van der Waals surface area (Å²) in [5.41, 5.74) is 3.43. The van der Waals surface area contributed by atoms with Crippen molar-refractivity contribution in [2.75, 3.05) is 10.8 Å². The van der Waals surface area contributed by atoms with Crippen molar-refractivity contribution in [3.8, 4) is 0 Å². The number of rotatable bonds is 10. The van der Waals surface area contributed by atoms with Crippen LogP contribution in [0.3, 0.4) is 0 Å². The summed E-state index contributed by atoms with van der Waals surface area (Å²) in [7, 11) is -4.16. The van der Waals surface area contributed by atoms with Crippen LogP contribution in [0.2, 0.25) is 10.0 Å². The van der Waals surface area contributed by atoms with E-state index in [1.54, 1.807) is 43.3 Å². The van der Waals surface area contributed by atoms with Gasteiger partial charge in [0.2, 0.25) is 11.8 Å². The highest BCUT2D eigenvalue weighted by Gasteiger charge is 2.34. The molecule has 1 aliphatic carbocycles. The second-order valence-corrected chi connectivity index (χ2v) is 13.7. The number of benzene rings is 3. The molecule has 4 rings (SSSR count). The van der Waals surface area contributed by atoms with Gasteiger partial charge in [-0.05, 0) is 76.4 Å². The molecule has 1 N–H and O–H groups in total. The zero-order chi connectivity index (χ0) is 30.6. The molecule has 0 aliphatic heterocycles. The molecule has 7 nitrogen and oxygen atoms in total. The second-order valence-electron chi connectivity index (χ2n) is 11.0. The van der Waals surface area contributed by atoms with Crippen LogP contribution < -0.4 is 9.62 Å². The number of nitrogens with zero attached hydrogens (tertiary/aromatic N) is 2. The zero-order valence-corrected chi connectivity index (χ0v) is 26.7. The first-order chi connectivity index (χ1) is 19.9. The van der Waals surface area contributed by atoms with Gasteiger partial charge in [0, 0.05) is 28.2 Å². The molecule has 1 atom stereocenters. The average molecular weight is 631 g/mol. The molecule has 3 aromatic carbocycles. The molecule has 0 bridgehead atoms. The molecule has 1 aliphatic rings. The van der Waals surface area contributed by atoms with E-state index >= 15 is 0 Å². The number of halogens is 2. The summed E-state index contributed by atoms with van der Waals surface area (Å²) in [5.74, 6) is -0.867. The highest BCUT2D eigenvalue weighted by Crippen LogP contribution is 2.30. The Hall–Kier alpha value is -3.07. The maximum absolute atomic E-state index is 14.2. The van der Waals surface area contributed by atoms with Crippen LogP contribution >= 0.6 is 23.2 Å². The zero-order valence-electron chi connectivity index (χ0n) is 24.4. The van der Waals surface area contributed by atoms with E-state index in [9.17, 15) is 18.0 Å². The van der Waals surface area contributed by atoms with E-state index in [1.165, 1.54) is 17.0 Å². The molecule has 0 heterocycles. The first-order valence-corrected chi connectivity index (χ1v) is 16.3. The maximum atomic E-state index is 14.2. The third-order valence-corrected chi connectivity index (χ3v) is 10.3. The summed E-state index contributed by atoms with van der Waals surface area (Å²) in [6.07, 6.45) is 3.86. The van der Waals surface area contributed by atoms with E-state index in [2.05, 4.69) is 5.32 Å². The van der Waals surface area contributed by atoms with Gasteiger partial charge in [0.1, 0.15) is 12.6 Å². The lowest BCUT2D eigenvalue weighted by molar-refractivity contribution is -0.139. The number of aryl methyl sites for hydroxylation is 3. The van der Waals surface area contributed by atoms with E-state index in [4.69, 9.17) is 23.2 Å². The first kappa shape index (κ1) is 31.9. The summed E-state index contributed by atoms with van der Waals surface area (Å²) in [4.78, 5) is 29.0. The average Bonchev–Trinajstić information content (AvgIpc) is 3.45. The minimum Gasteiger partial charge on any atom is -0.352 e. The maximum Gasteiger partial charge on any atom is 0.264 e. The van der Waals surface area contributed by atoms with Crippen molar-refractivity contribution in [1.82, 2.24) is 10.2 Å². The van der Waals surface area contributed by atoms with Gasteiger partial charge < -0.3 is 10.2 Å². The molecule has 224 valence electrons. The van der Waals surface area contributed by atoms with Crippen LogP contribution in [0.1, 0.15) is 54.9 Å². The molecule has 3 aromatic rings. The van der Waals surface area contributed by atoms with Crippen LogP contribution in [0.15, 0.2) is 65.6 Å². The first-order valence-electron chi connectivity index (χ1n) is 14.1. The minimum absolute atomic E-state index is 0.0504. The molecule has 0 radical (unpaired) electrons. The van der Waals surface area contributed by atoms with Crippen LogP contribution in [0.25, 0.3) is 0 Å². The highest BCUT2D eigenvalue weighted by molar-refractivity contribution is 7.92. The number of hydrogen-bond donors (Lipinski definition) is 1. The monoisotopic (exact) mass is 629 g/mol. The number of hydrogen-bond acceptors (Lipinski definition) is 4. The molecule has 10 heteroatoms. The van der Waals surface area contributed by atoms with E-state index in [0.717, 1.165) is 41.1 Å². The number of sulfonamides is 1. The van der Waals surface area contributed by atoms with Gasteiger partial charge in [0.15, 0.2) is 0 Å². The third-order valence-electron chi connectivity index (χ3n) is 7.77. The summed E-state index contributed by atoms with van der Waals surface area (Å²) in [6.45, 7) is 6.65. The van der Waals surface area contributed by atoms with E-state index < -0.39 is 28.5 Å². The van der Waals surface area contributed by atoms with Gasteiger partial charge in [-0.25, -0.2) is 8.42 Å². The van der Waals surface area contributed by atoms with Crippen LogP contribution in [0.5, 0.6) is 0 Å². The quantitative estimate of drug-likeness (QED) is 0.274. The van der Waals surface area contributed by atoms with Gasteiger partial charge in [0.05, 0.1) is 10.6 Å². The third kappa shape index (κ3) is 7.28. The van der Waals surface area contributed by atoms with Crippen molar-refractivity contribution in [3.05, 3.63) is 93.0 Å². The fraction of sp³-hybridized carbons (Fsp3) is 0.375. The van der Waals surface area contributed by atoms with Gasteiger partial charge in [-0.1, -0.05) is 77.5 Å². The normalized spacial score (nSPS) is 14.4. The fourth-order valence-corrected chi connectivity index (χ4v) is 7.26. The molecule has 0 aromatic heterocycles. The van der Waals surface area contributed by atoms with Gasteiger partial charge in [-0.15, -0.1) is 0 Å². The van der Waals surface area contributed by atoms with Crippen molar-refractivity contribution >= 4 is 50.7 Å². The Morgan fingerprint density at radius 3 is 2.12 bits per heavy atom. The number of anilines is 1. The largest absolute Gasteiger partial charge is 0.352 e. The predicted octanol–water partition coefficient (Wildman–Crippen LogP) is 6.59. The molecular formula is C32H37Cl2N3O4S. The molecule has 1 saturated carbocycles. The molecule has 0 spiro atoms. The Bertz CT molecular complexity index is 1530. The summed E-state index contributed by atoms with van der Waals surface area (Å²) >= 11 is 12.9. The second kappa shape index (κ2) is 13.5. The Balaban J connectivity index is 1.74. The summed E-state index contributed by atoms with van der Waals surface area (Å²) in [6, 6.07) is 16.1. The lowest BCUT2D eigenvalue weighted by atomic mass is 10.1. The molecular weight excluding hydrogens is 593 g/mol. The Labute approximate surface area is 258 Å². The Morgan fingerprint density at radius 2 is 1.52 bits per heavy atom. The minimum atomic E-state index is -4.16. The van der Waals surface area contributed by atoms with Crippen molar-refractivity contribution < 1.29 is 18.0 Å². The lowest BCUT2D eigenvalue weighted by Gasteiger charge is -2.33. The van der Waals surface area contributed by atoms with Crippen molar-refractivity contribution in [2.24, 2.45) is 0 Å². The lowest BCUT2D eigenvalue weighted by Crippen LogP contribution is -2.52. The smallest absolute Gasteiger partial charge is 0.264 e. The van der Waals surface area contributed by atoms with Crippen LogP contribution in [0.4, 0.5) is 5.69 Å². The number of carbonyl (C=O) groups excluding carboxylic acids is 2. The molecule has 2 amide bonds. The van der Waals surface area contributed by atoms with Crippen molar-refractivity contribution in [3.63, 3.8) is 0 Å². The number of amides is 2. The Kier molecular flexibility index (Phi) is 10.2. The number of nitrogens with one attached hydrogen (secondary N) is 1. The fourth-order valence-electron chi connectivity index (χ4n) is 5.26. The van der Waals surface area contributed by atoms with Crippen LogP contribution in [0, 0.1) is 20.8 Å². The molecule has 0 saturated heterocycles. The predicted molar refractivity (Wildman–Crippen MR) is 168 cm³/mol. The van der Waals surface area contributed by atoms with Crippen molar-refractivity contribution in [2.45, 2.75) is 76.9 Å². The van der Waals surface area contributed by atoms with Gasteiger partial charge >= 0.3 is 0 Å². The van der Waals surface area contributed by atoms with Gasteiger partial charge in [-0.3, -0.25) is 13.9 Å². The molecule has 42 heavy (non-hydrogen) atoms. The van der Waals surface area contributed by atoms with E-state index in [1.807, 2.05) is 32.9 Å². The van der Waals surface area contributed by atoms with Gasteiger partial charge in [-0.2, -0.15) is 0 Å². The SMILES string of the molecule is Cc1ccc(S(=O)(=O)N(CC(=O)N(Cc2c(Cl)cccc2Cl)[C@H](C)C(=O)NC2CCCC2)c2ccc(C)cc2C)cc1. The summed E-state index contributed by atoms with van der Waals surface area (Å²) < 4.78 is 29.3. The molecule has 1 fully saturated rings. The summed E-state index contributed by atoms with van der Waals surface area (Å²) in [5, 5.41) is 3.76. The molecule has 0 unspecified atom stereocenters. The Morgan fingerprint density at radius 1 is 0.929 bits per heavy atom. The van der Waals surface area contributed by atoms with E-state index in [-0.39, 0.29) is 23.4 Å².